The second kappa shape index (κ2) is 8.53. The standard InChI is InChI=1S/C20H29NO4S/c22-19(23)11-7-2-1-6-10-18-15-12-13-16(14-15)20(18)21-26(24,25)17-8-4-3-5-9-17/h3-5,8-9,15-16,18,20-21H,1-2,6-7,10-14H2,(H,22,23)/t15-,16+,18+,20+/m1/s1. The quantitative estimate of drug-likeness (QED) is 0.606. The number of carboxylic acids is 1. The summed E-state index contributed by atoms with van der Waals surface area (Å²) in [6.45, 7) is 0. The van der Waals surface area contributed by atoms with Gasteiger partial charge >= 0.3 is 5.97 Å². The molecule has 1 aromatic carbocycles. The van der Waals surface area contributed by atoms with E-state index in [1.54, 1.807) is 24.3 Å². The number of aliphatic carboxylic acids is 1. The van der Waals surface area contributed by atoms with Gasteiger partial charge in [-0.1, -0.05) is 37.5 Å². The summed E-state index contributed by atoms with van der Waals surface area (Å²) >= 11 is 0. The molecule has 1 aromatic rings. The minimum atomic E-state index is -3.46. The molecular formula is C20H29NO4S. The topological polar surface area (TPSA) is 83.5 Å². The monoisotopic (exact) mass is 379 g/mol. The first kappa shape index (κ1) is 19.4. The first-order valence-corrected chi connectivity index (χ1v) is 11.2. The summed E-state index contributed by atoms with van der Waals surface area (Å²) in [5.74, 6) is 0.804. The van der Waals surface area contributed by atoms with Crippen molar-refractivity contribution < 1.29 is 18.3 Å². The molecule has 0 unspecified atom stereocenters. The summed E-state index contributed by atoms with van der Waals surface area (Å²) < 4.78 is 28.5. The Labute approximate surface area is 156 Å². The fourth-order valence-corrected chi connectivity index (χ4v) is 6.24. The molecule has 4 atom stereocenters. The Kier molecular flexibility index (Phi) is 6.35. The van der Waals surface area contributed by atoms with E-state index in [0.717, 1.165) is 44.9 Å². The Morgan fingerprint density at radius 1 is 1.04 bits per heavy atom. The van der Waals surface area contributed by atoms with Gasteiger partial charge in [0.25, 0.3) is 0 Å². The molecule has 0 amide bonds. The minimum absolute atomic E-state index is 0.0537. The molecule has 2 fully saturated rings. The minimum Gasteiger partial charge on any atom is -0.481 e. The molecule has 2 bridgehead atoms. The van der Waals surface area contributed by atoms with Crippen LogP contribution in [0.2, 0.25) is 0 Å². The summed E-state index contributed by atoms with van der Waals surface area (Å²) in [6.07, 6.45) is 8.52. The van der Waals surface area contributed by atoms with Crippen LogP contribution < -0.4 is 4.72 Å². The van der Waals surface area contributed by atoms with E-state index in [1.807, 2.05) is 6.07 Å². The normalized spacial score (nSPS) is 27.7. The number of nitrogens with one attached hydrogen (secondary N) is 1. The van der Waals surface area contributed by atoms with Gasteiger partial charge in [0.15, 0.2) is 0 Å². The van der Waals surface area contributed by atoms with Crippen molar-refractivity contribution in [3.8, 4) is 0 Å². The van der Waals surface area contributed by atoms with Crippen molar-refractivity contribution in [3.05, 3.63) is 30.3 Å². The van der Waals surface area contributed by atoms with Crippen LogP contribution in [-0.4, -0.2) is 25.5 Å². The Hall–Kier alpha value is -1.40. The maximum Gasteiger partial charge on any atom is 0.303 e. The molecule has 2 aliphatic carbocycles. The molecule has 2 aliphatic rings. The van der Waals surface area contributed by atoms with Gasteiger partial charge in [-0.15, -0.1) is 0 Å². The lowest BCUT2D eigenvalue weighted by Gasteiger charge is -2.31. The second-order valence-electron chi connectivity index (χ2n) is 7.80. The highest BCUT2D eigenvalue weighted by atomic mass is 32.2. The molecule has 144 valence electrons. The Balaban J connectivity index is 1.55. The Morgan fingerprint density at radius 2 is 1.73 bits per heavy atom. The van der Waals surface area contributed by atoms with Crippen molar-refractivity contribution in [3.63, 3.8) is 0 Å². The van der Waals surface area contributed by atoms with Crippen LogP contribution in [0, 0.1) is 17.8 Å². The van der Waals surface area contributed by atoms with Crippen molar-refractivity contribution in [2.45, 2.75) is 68.7 Å². The zero-order valence-corrected chi connectivity index (χ0v) is 16.0. The third-order valence-corrected chi connectivity index (χ3v) is 7.59. The summed E-state index contributed by atoms with van der Waals surface area (Å²) in [4.78, 5) is 10.9. The van der Waals surface area contributed by atoms with Gasteiger partial charge in [-0.2, -0.15) is 0 Å². The zero-order valence-electron chi connectivity index (χ0n) is 15.1. The number of carbonyl (C=O) groups is 1. The highest BCUT2D eigenvalue weighted by Crippen LogP contribution is 2.50. The molecule has 5 nitrogen and oxygen atoms in total. The van der Waals surface area contributed by atoms with Crippen molar-refractivity contribution in [2.24, 2.45) is 17.8 Å². The van der Waals surface area contributed by atoms with Crippen LogP contribution in [0.1, 0.15) is 57.8 Å². The highest BCUT2D eigenvalue weighted by Gasteiger charge is 2.48. The van der Waals surface area contributed by atoms with E-state index < -0.39 is 16.0 Å². The molecule has 6 heteroatoms. The number of sulfonamides is 1. The molecule has 2 saturated carbocycles. The van der Waals surface area contributed by atoms with Crippen LogP contribution >= 0.6 is 0 Å². The fraction of sp³-hybridized carbons (Fsp3) is 0.650. The second-order valence-corrected chi connectivity index (χ2v) is 9.52. The van der Waals surface area contributed by atoms with E-state index in [9.17, 15) is 13.2 Å². The van der Waals surface area contributed by atoms with Gasteiger partial charge < -0.3 is 5.11 Å². The lowest BCUT2D eigenvalue weighted by Crippen LogP contribution is -2.43. The maximum absolute atomic E-state index is 12.7. The first-order chi connectivity index (χ1) is 12.5. The number of hydrogen-bond acceptors (Lipinski definition) is 3. The predicted molar refractivity (Wildman–Crippen MR) is 100 cm³/mol. The van der Waals surface area contributed by atoms with Crippen molar-refractivity contribution >= 4 is 16.0 Å². The van der Waals surface area contributed by atoms with Gasteiger partial charge in [0, 0.05) is 12.5 Å². The van der Waals surface area contributed by atoms with E-state index in [2.05, 4.69) is 4.72 Å². The number of rotatable bonds is 10. The number of carboxylic acid groups (broad SMARTS) is 1. The average Bonchev–Trinajstić information content (AvgIpc) is 3.20. The Bertz CT molecular complexity index is 704. The first-order valence-electron chi connectivity index (χ1n) is 9.76. The van der Waals surface area contributed by atoms with Crippen LogP contribution in [0.25, 0.3) is 0 Å². The smallest absolute Gasteiger partial charge is 0.303 e. The van der Waals surface area contributed by atoms with Gasteiger partial charge in [-0.25, -0.2) is 13.1 Å². The summed E-state index contributed by atoms with van der Waals surface area (Å²) in [5, 5.41) is 8.69. The van der Waals surface area contributed by atoms with Crippen LogP contribution in [-0.2, 0) is 14.8 Å². The fourth-order valence-electron chi connectivity index (χ4n) is 4.87. The SMILES string of the molecule is O=C(O)CCCCCC[C@H]1[C@@H]2CC[C@@H](C2)[C@@H]1NS(=O)(=O)c1ccccc1. The largest absolute Gasteiger partial charge is 0.481 e. The molecule has 0 radical (unpaired) electrons. The van der Waals surface area contributed by atoms with E-state index >= 15 is 0 Å². The van der Waals surface area contributed by atoms with E-state index in [1.165, 1.54) is 6.42 Å². The maximum atomic E-state index is 12.7. The average molecular weight is 380 g/mol. The van der Waals surface area contributed by atoms with Crippen LogP contribution in [0.15, 0.2) is 35.2 Å². The molecule has 0 aliphatic heterocycles. The molecular weight excluding hydrogens is 350 g/mol. The predicted octanol–water partition coefficient (Wildman–Crippen LogP) is 3.80. The van der Waals surface area contributed by atoms with Gasteiger partial charge in [-0.3, -0.25) is 4.79 Å². The summed E-state index contributed by atoms with van der Waals surface area (Å²) in [6, 6.07) is 8.68. The lowest BCUT2D eigenvalue weighted by molar-refractivity contribution is -0.137. The van der Waals surface area contributed by atoms with Crippen molar-refractivity contribution in [2.75, 3.05) is 0 Å². The third kappa shape index (κ3) is 4.65. The molecule has 0 saturated heterocycles. The van der Waals surface area contributed by atoms with Gasteiger partial charge in [0.2, 0.25) is 10.0 Å². The summed E-state index contributed by atoms with van der Waals surface area (Å²) in [7, 11) is -3.46. The van der Waals surface area contributed by atoms with Crippen LogP contribution in [0.5, 0.6) is 0 Å². The number of fused-ring (bicyclic) bond motifs is 2. The van der Waals surface area contributed by atoms with Gasteiger partial charge in [-0.05, 0) is 62.0 Å². The molecule has 0 heterocycles. The molecule has 2 N–H and O–H groups in total. The molecule has 26 heavy (non-hydrogen) atoms. The summed E-state index contributed by atoms with van der Waals surface area (Å²) in [5.41, 5.74) is 0. The van der Waals surface area contributed by atoms with Crippen LogP contribution in [0.3, 0.4) is 0 Å². The molecule has 0 aromatic heterocycles. The molecule has 0 spiro atoms. The van der Waals surface area contributed by atoms with Crippen molar-refractivity contribution in [1.82, 2.24) is 4.72 Å². The van der Waals surface area contributed by atoms with E-state index in [0.29, 0.717) is 22.6 Å². The third-order valence-electron chi connectivity index (χ3n) is 6.11. The molecule has 3 rings (SSSR count). The lowest BCUT2D eigenvalue weighted by atomic mass is 9.81. The van der Waals surface area contributed by atoms with Crippen LogP contribution in [0.4, 0.5) is 0 Å². The van der Waals surface area contributed by atoms with E-state index in [4.69, 9.17) is 5.11 Å². The number of benzene rings is 1. The van der Waals surface area contributed by atoms with Gasteiger partial charge in [0.1, 0.15) is 0 Å². The van der Waals surface area contributed by atoms with Crippen molar-refractivity contribution in [1.29, 1.82) is 0 Å². The highest BCUT2D eigenvalue weighted by molar-refractivity contribution is 7.89. The number of hydrogen-bond donors (Lipinski definition) is 2. The zero-order chi connectivity index (χ0) is 18.6. The Morgan fingerprint density at radius 3 is 2.46 bits per heavy atom. The number of unbranched alkanes of at least 4 members (excludes halogenated alkanes) is 3. The van der Waals surface area contributed by atoms with E-state index in [-0.39, 0.29) is 12.5 Å². The van der Waals surface area contributed by atoms with Gasteiger partial charge in [0.05, 0.1) is 4.90 Å².